The molecule has 2 aromatic heterocycles. The van der Waals surface area contributed by atoms with Gasteiger partial charge in [0, 0.05) is 30.6 Å². The highest BCUT2D eigenvalue weighted by Crippen LogP contribution is 2.35. The minimum Gasteiger partial charge on any atom is -0.366 e. The maximum Gasteiger partial charge on any atom is 0.435 e. The molecule has 2 aromatic carbocycles. The van der Waals surface area contributed by atoms with Crippen molar-refractivity contribution in [3.8, 4) is 11.1 Å². The van der Waals surface area contributed by atoms with Gasteiger partial charge in [0.15, 0.2) is 5.69 Å². The van der Waals surface area contributed by atoms with Gasteiger partial charge in [-0.3, -0.25) is 19.3 Å². The Kier molecular flexibility index (Phi) is 13.2. The molecule has 242 valence electrons. The van der Waals surface area contributed by atoms with Crippen LogP contribution in [0.25, 0.3) is 11.1 Å². The van der Waals surface area contributed by atoms with E-state index in [-0.39, 0.29) is 18.5 Å². The number of halogens is 8. The number of alkyl halides is 5. The Balaban J connectivity index is 0.000000370. The first-order valence-corrected chi connectivity index (χ1v) is 13.4. The van der Waals surface area contributed by atoms with Crippen LogP contribution in [0.5, 0.6) is 0 Å². The molecule has 4 rings (SSSR count). The summed E-state index contributed by atoms with van der Waals surface area (Å²) in [6, 6.07) is 9.49. The Morgan fingerprint density at radius 1 is 1.04 bits per heavy atom. The summed E-state index contributed by atoms with van der Waals surface area (Å²) < 4.78 is 103. The zero-order chi connectivity index (χ0) is 33.9. The van der Waals surface area contributed by atoms with Gasteiger partial charge in [0.05, 0.1) is 22.9 Å². The maximum atomic E-state index is 13.8. The second kappa shape index (κ2) is 16.3. The van der Waals surface area contributed by atoms with E-state index in [2.05, 4.69) is 15.4 Å². The maximum absolute atomic E-state index is 13.8. The number of benzene rings is 2. The summed E-state index contributed by atoms with van der Waals surface area (Å²) in [6.07, 6.45) is -5.27. The van der Waals surface area contributed by atoms with Crippen LogP contribution < -0.4 is 11.1 Å². The zero-order valence-corrected chi connectivity index (χ0v) is 24.2. The van der Waals surface area contributed by atoms with Crippen molar-refractivity contribution < 1.29 is 44.7 Å². The third-order valence-electron chi connectivity index (χ3n) is 5.96. The second-order valence-electron chi connectivity index (χ2n) is 8.90. The fourth-order valence-corrected chi connectivity index (χ4v) is 4.08. The number of aromatic nitrogens is 3. The number of amides is 2. The Morgan fingerprint density at radius 3 is 2.20 bits per heavy atom. The second-order valence-corrected chi connectivity index (χ2v) is 8.90. The molecule has 0 aliphatic heterocycles. The number of carbonyl (C=O) groups is 2. The molecule has 0 aliphatic carbocycles. The lowest BCUT2D eigenvalue weighted by molar-refractivity contribution is -0.143. The number of carbonyl (C=O) groups excluding carboxylic acids is 2. The molecule has 0 radical (unpaired) electrons. The van der Waals surface area contributed by atoms with E-state index in [4.69, 9.17) is 5.73 Å². The van der Waals surface area contributed by atoms with Crippen molar-refractivity contribution in [1.29, 1.82) is 0 Å². The standard InChI is InChI=1S/C21H16F3N3O2.C7H7F5N2.C2H6/c22-14-6-12(7-15(23)10-14)8-19(27-11-28)20-16(2-1-5-26-20)13-3-4-18(24)17(9-13)21(25)29;1-2-14-3-4(6(8)9)5(13-14)7(10,11)12;1-2/h1-7,9-11,19H,8H2,(H2,25,29)(H,27,28);3,6H,2H2,1H3;1-2H3. The summed E-state index contributed by atoms with van der Waals surface area (Å²) in [7, 11) is 0. The molecule has 4 aromatic rings. The molecule has 0 spiro atoms. The van der Waals surface area contributed by atoms with Crippen molar-refractivity contribution in [3.63, 3.8) is 0 Å². The first-order valence-electron chi connectivity index (χ1n) is 13.4. The molecular weight excluding hydrogens is 614 g/mol. The quantitative estimate of drug-likeness (QED) is 0.149. The van der Waals surface area contributed by atoms with Crippen molar-refractivity contribution in [3.05, 3.63) is 106 Å². The number of nitrogens with two attached hydrogens (primary N) is 1. The number of aryl methyl sites for hydroxylation is 1. The molecule has 1 unspecified atom stereocenters. The predicted octanol–water partition coefficient (Wildman–Crippen LogP) is 7.18. The number of nitrogens with one attached hydrogen (secondary N) is 1. The Morgan fingerprint density at radius 2 is 1.69 bits per heavy atom. The van der Waals surface area contributed by atoms with Gasteiger partial charge in [0.25, 0.3) is 12.3 Å². The molecule has 0 bridgehead atoms. The van der Waals surface area contributed by atoms with Crippen molar-refractivity contribution in [2.45, 2.75) is 52.4 Å². The summed E-state index contributed by atoms with van der Waals surface area (Å²) in [4.78, 5) is 26.9. The van der Waals surface area contributed by atoms with E-state index < -0.39 is 53.3 Å². The van der Waals surface area contributed by atoms with Gasteiger partial charge in [-0.15, -0.1) is 0 Å². The predicted molar refractivity (Wildman–Crippen MR) is 149 cm³/mol. The van der Waals surface area contributed by atoms with Crippen LogP contribution in [0.1, 0.15) is 66.1 Å². The molecule has 0 saturated carbocycles. The lowest BCUT2D eigenvalue weighted by Gasteiger charge is -2.19. The number of hydrogen-bond donors (Lipinski definition) is 2. The normalized spacial score (nSPS) is 11.6. The largest absolute Gasteiger partial charge is 0.435 e. The van der Waals surface area contributed by atoms with E-state index in [1.807, 2.05) is 13.8 Å². The first kappa shape index (κ1) is 36.4. The number of primary amides is 1. The SMILES string of the molecule is CC.CCn1cc(C(F)F)c(C(F)(F)F)n1.NC(=O)c1cc(-c2cccnc2C(Cc2cc(F)cc(F)c2)NC=O)ccc1F. The van der Waals surface area contributed by atoms with Gasteiger partial charge >= 0.3 is 6.18 Å². The third kappa shape index (κ3) is 9.84. The smallest absolute Gasteiger partial charge is 0.366 e. The van der Waals surface area contributed by atoms with Crippen LogP contribution in [0.3, 0.4) is 0 Å². The number of nitrogens with zero attached hydrogens (tertiary/aromatic N) is 3. The average molecular weight is 644 g/mol. The van der Waals surface area contributed by atoms with E-state index in [0.29, 0.717) is 35.0 Å². The summed E-state index contributed by atoms with van der Waals surface area (Å²) in [5, 5.41) is 5.62. The molecular formula is C30H29F8N5O2. The van der Waals surface area contributed by atoms with E-state index in [1.165, 1.54) is 25.3 Å². The van der Waals surface area contributed by atoms with Gasteiger partial charge in [0.2, 0.25) is 6.41 Å². The summed E-state index contributed by atoms with van der Waals surface area (Å²) in [5.41, 5.74) is 4.00. The molecule has 7 nitrogen and oxygen atoms in total. The minimum atomic E-state index is -4.83. The lowest BCUT2D eigenvalue weighted by Crippen LogP contribution is -2.23. The van der Waals surface area contributed by atoms with Gasteiger partial charge in [-0.25, -0.2) is 22.0 Å². The van der Waals surface area contributed by atoms with E-state index in [1.54, 1.807) is 12.1 Å². The van der Waals surface area contributed by atoms with Crippen LogP contribution in [0.2, 0.25) is 0 Å². The van der Waals surface area contributed by atoms with E-state index in [0.717, 1.165) is 28.9 Å². The van der Waals surface area contributed by atoms with Gasteiger partial charge < -0.3 is 11.1 Å². The monoisotopic (exact) mass is 643 g/mol. The van der Waals surface area contributed by atoms with Crippen molar-refractivity contribution in [2.75, 3.05) is 0 Å². The summed E-state index contributed by atoms with van der Waals surface area (Å²) >= 11 is 0. The van der Waals surface area contributed by atoms with Gasteiger partial charge in [-0.1, -0.05) is 26.0 Å². The zero-order valence-electron chi connectivity index (χ0n) is 24.2. The fourth-order valence-electron chi connectivity index (χ4n) is 4.08. The van der Waals surface area contributed by atoms with Crippen molar-refractivity contribution in [1.82, 2.24) is 20.1 Å². The Hall–Kier alpha value is -4.82. The van der Waals surface area contributed by atoms with E-state index >= 15 is 0 Å². The van der Waals surface area contributed by atoms with Crippen molar-refractivity contribution >= 4 is 12.3 Å². The summed E-state index contributed by atoms with van der Waals surface area (Å²) in [6.45, 7) is 5.64. The lowest BCUT2D eigenvalue weighted by atomic mass is 9.94. The molecule has 2 heterocycles. The average Bonchev–Trinajstić information content (AvgIpc) is 3.44. The van der Waals surface area contributed by atoms with Crippen LogP contribution in [-0.4, -0.2) is 27.1 Å². The first-order chi connectivity index (χ1) is 21.2. The Bertz CT molecular complexity index is 1570. The molecule has 3 N–H and O–H groups in total. The van der Waals surface area contributed by atoms with Gasteiger partial charge in [-0.2, -0.15) is 18.3 Å². The van der Waals surface area contributed by atoms with Gasteiger partial charge in [0.1, 0.15) is 17.5 Å². The van der Waals surface area contributed by atoms with E-state index in [9.17, 15) is 44.7 Å². The van der Waals surface area contributed by atoms with Crippen LogP contribution in [0, 0.1) is 17.5 Å². The molecule has 0 saturated heterocycles. The molecule has 1 atom stereocenters. The molecule has 0 aliphatic rings. The number of rotatable bonds is 9. The topological polar surface area (TPSA) is 103 Å². The Labute approximate surface area is 253 Å². The molecule has 15 heteroatoms. The highest BCUT2D eigenvalue weighted by molar-refractivity contribution is 5.94. The molecule has 0 fully saturated rings. The molecule has 45 heavy (non-hydrogen) atoms. The van der Waals surface area contributed by atoms with Crippen molar-refractivity contribution in [2.24, 2.45) is 5.73 Å². The van der Waals surface area contributed by atoms with Crippen LogP contribution in [0.15, 0.2) is 60.9 Å². The van der Waals surface area contributed by atoms with Crippen LogP contribution >= 0.6 is 0 Å². The van der Waals surface area contributed by atoms with Gasteiger partial charge in [-0.05, 0) is 54.8 Å². The number of pyridine rings is 1. The number of hydrogen-bond acceptors (Lipinski definition) is 4. The third-order valence-corrected chi connectivity index (χ3v) is 5.96. The van der Waals surface area contributed by atoms with Crippen LogP contribution in [0.4, 0.5) is 35.1 Å². The van der Waals surface area contributed by atoms with Crippen LogP contribution in [-0.2, 0) is 23.9 Å². The fraction of sp³-hybridized carbons (Fsp3) is 0.267. The highest BCUT2D eigenvalue weighted by Gasteiger charge is 2.39. The summed E-state index contributed by atoms with van der Waals surface area (Å²) in [5.74, 6) is -3.16. The minimum absolute atomic E-state index is 0.0568. The molecule has 2 amide bonds. The highest BCUT2D eigenvalue weighted by atomic mass is 19.4.